The van der Waals surface area contributed by atoms with Crippen LogP contribution in [0, 0.1) is 0 Å². The molecule has 1 heterocycles. The van der Waals surface area contributed by atoms with Gasteiger partial charge in [0, 0.05) is 0 Å². The highest BCUT2D eigenvalue weighted by Gasteiger charge is 2.35. The maximum absolute atomic E-state index is 13.3. The van der Waals surface area contributed by atoms with E-state index in [1.54, 1.807) is 18.2 Å². The van der Waals surface area contributed by atoms with Gasteiger partial charge in [-0.3, -0.25) is 15.0 Å². The van der Waals surface area contributed by atoms with Crippen molar-refractivity contribution in [1.29, 1.82) is 0 Å². The molecule has 0 bridgehead atoms. The largest absolute Gasteiger partial charge is 0.435 e. The number of thiocarbonyl (C=S) groups is 1. The number of nitrogens with one attached hydrogen (secondary N) is 1. The van der Waals surface area contributed by atoms with Crippen molar-refractivity contribution in [2.24, 2.45) is 0 Å². The fraction of sp³-hybridized carbons (Fsp3) is 0.0800. The Kier molecular flexibility index (Phi) is 7.34. The number of thioether (sulfide) groups is 1. The van der Waals surface area contributed by atoms with E-state index >= 15 is 0 Å². The summed E-state index contributed by atoms with van der Waals surface area (Å²) in [5, 5.41) is 1.06. The number of carbonyl (C=O) groups is 2. The number of benzene rings is 3. The molecular formula is C25H18F2N2O3S2. The zero-order valence-corrected chi connectivity index (χ0v) is 19.2. The van der Waals surface area contributed by atoms with Crippen LogP contribution in [0.4, 0.5) is 8.78 Å². The van der Waals surface area contributed by atoms with Gasteiger partial charge in [0.25, 0.3) is 11.8 Å². The Balaban J connectivity index is 1.53. The van der Waals surface area contributed by atoms with E-state index in [1.807, 2.05) is 60.7 Å². The number of hydrazine groups is 1. The van der Waals surface area contributed by atoms with Crippen molar-refractivity contribution in [2.75, 3.05) is 0 Å². The van der Waals surface area contributed by atoms with E-state index < -0.39 is 24.3 Å². The van der Waals surface area contributed by atoms with E-state index in [-0.39, 0.29) is 10.1 Å². The predicted octanol–water partition coefficient (Wildman–Crippen LogP) is 5.35. The van der Waals surface area contributed by atoms with Crippen molar-refractivity contribution in [2.45, 2.75) is 12.5 Å². The molecule has 0 spiro atoms. The summed E-state index contributed by atoms with van der Waals surface area (Å²) in [6.45, 7) is -2.92. The lowest BCUT2D eigenvalue weighted by molar-refractivity contribution is -0.133. The lowest BCUT2D eigenvalue weighted by Crippen LogP contribution is -2.46. The van der Waals surface area contributed by atoms with Crippen molar-refractivity contribution in [1.82, 2.24) is 10.4 Å². The number of hydrogen-bond donors (Lipinski definition) is 1. The van der Waals surface area contributed by atoms with Crippen LogP contribution < -0.4 is 10.2 Å². The highest BCUT2D eigenvalue weighted by atomic mass is 32.2. The third-order valence-corrected chi connectivity index (χ3v) is 6.25. The Morgan fingerprint density at radius 3 is 2.03 bits per heavy atom. The Bertz CT molecular complexity index is 1180. The molecule has 5 nitrogen and oxygen atoms in total. The van der Waals surface area contributed by atoms with Gasteiger partial charge in [-0.1, -0.05) is 84.6 Å². The molecule has 172 valence electrons. The number of amides is 2. The molecule has 3 aromatic carbocycles. The van der Waals surface area contributed by atoms with Gasteiger partial charge in [0.05, 0.1) is 10.8 Å². The number of alkyl halides is 2. The summed E-state index contributed by atoms with van der Waals surface area (Å²) >= 11 is 6.37. The number of carbonyl (C=O) groups excluding carboxylic acids is 2. The molecule has 0 aromatic heterocycles. The SMILES string of the molecule is O=C(NN1C(=O)/C(=C/c2ccc(OC(F)F)cc2)SC1=S)C(c1ccccc1)c1ccccc1. The molecule has 0 aliphatic carbocycles. The second kappa shape index (κ2) is 10.6. The van der Waals surface area contributed by atoms with Crippen LogP contribution >= 0.6 is 24.0 Å². The van der Waals surface area contributed by atoms with Gasteiger partial charge < -0.3 is 4.74 Å². The van der Waals surface area contributed by atoms with Crippen LogP contribution in [-0.2, 0) is 9.59 Å². The van der Waals surface area contributed by atoms with E-state index in [1.165, 1.54) is 12.1 Å². The van der Waals surface area contributed by atoms with Crippen LogP contribution in [0.3, 0.4) is 0 Å². The zero-order valence-electron chi connectivity index (χ0n) is 17.6. The van der Waals surface area contributed by atoms with Gasteiger partial charge in [-0.2, -0.15) is 13.8 Å². The molecule has 2 amide bonds. The molecule has 9 heteroatoms. The van der Waals surface area contributed by atoms with Gasteiger partial charge in [0.1, 0.15) is 5.75 Å². The third kappa shape index (κ3) is 5.49. The molecule has 1 saturated heterocycles. The minimum absolute atomic E-state index is 0.0137. The van der Waals surface area contributed by atoms with E-state index in [0.717, 1.165) is 27.9 Å². The van der Waals surface area contributed by atoms with Gasteiger partial charge in [0.2, 0.25) is 0 Å². The topological polar surface area (TPSA) is 58.6 Å². The smallest absolute Gasteiger partial charge is 0.387 e. The molecule has 0 saturated carbocycles. The van der Waals surface area contributed by atoms with Crippen molar-refractivity contribution in [3.63, 3.8) is 0 Å². The number of hydrogen-bond acceptors (Lipinski definition) is 5. The van der Waals surface area contributed by atoms with Gasteiger partial charge in [-0.15, -0.1) is 0 Å². The Morgan fingerprint density at radius 1 is 0.941 bits per heavy atom. The van der Waals surface area contributed by atoms with E-state index in [9.17, 15) is 18.4 Å². The van der Waals surface area contributed by atoms with E-state index in [0.29, 0.717) is 10.5 Å². The molecule has 1 N–H and O–H groups in total. The standard InChI is InChI=1S/C25H18F2N2O3S2/c26-24(27)32-19-13-11-16(12-14-19)15-20-23(31)29(25(33)34-20)28-22(30)21(17-7-3-1-4-8-17)18-9-5-2-6-10-18/h1-15,21,24H,(H,28,30)/b20-15-. The first-order chi connectivity index (χ1) is 16.4. The second-order valence-corrected chi connectivity index (χ2v) is 8.87. The van der Waals surface area contributed by atoms with Crippen LogP contribution in [0.2, 0.25) is 0 Å². The third-order valence-electron chi connectivity index (χ3n) is 4.95. The number of nitrogens with zero attached hydrogens (tertiary/aromatic N) is 1. The summed E-state index contributed by atoms with van der Waals surface area (Å²) in [6.07, 6.45) is 1.57. The average molecular weight is 497 g/mol. The van der Waals surface area contributed by atoms with Crippen molar-refractivity contribution >= 4 is 46.2 Å². The summed E-state index contributed by atoms with van der Waals surface area (Å²) in [5.41, 5.74) is 4.81. The van der Waals surface area contributed by atoms with Crippen molar-refractivity contribution < 1.29 is 23.1 Å². The molecule has 1 aliphatic heterocycles. The van der Waals surface area contributed by atoms with Gasteiger partial charge in [0.15, 0.2) is 4.32 Å². The summed E-state index contributed by atoms with van der Waals surface area (Å²) < 4.78 is 29.2. The normalized spacial score (nSPS) is 14.8. The number of rotatable bonds is 7. The predicted molar refractivity (Wildman–Crippen MR) is 131 cm³/mol. The highest BCUT2D eigenvalue weighted by Crippen LogP contribution is 2.33. The van der Waals surface area contributed by atoms with Crippen LogP contribution in [0.15, 0.2) is 89.8 Å². The lowest BCUT2D eigenvalue weighted by atomic mass is 9.91. The maximum Gasteiger partial charge on any atom is 0.387 e. The minimum atomic E-state index is -2.92. The van der Waals surface area contributed by atoms with Crippen LogP contribution in [0.25, 0.3) is 6.08 Å². The molecule has 4 rings (SSSR count). The summed E-state index contributed by atoms with van der Waals surface area (Å²) in [7, 11) is 0. The van der Waals surface area contributed by atoms with Crippen LogP contribution in [0.5, 0.6) is 5.75 Å². The Labute approximate surface area is 204 Å². The summed E-state index contributed by atoms with van der Waals surface area (Å²) in [6, 6.07) is 24.4. The molecule has 3 aromatic rings. The van der Waals surface area contributed by atoms with Gasteiger partial charge in [-0.25, -0.2) is 0 Å². The maximum atomic E-state index is 13.3. The monoisotopic (exact) mass is 496 g/mol. The highest BCUT2D eigenvalue weighted by molar-refractivity contribution is 8.26. The minimum Gasteiger partial charge on any atom is -0.435 e. The lowest BCUT2D eigenvalue weighted by Gasteiger charge is -2.22. The number of halogens is 2. The Morgan fingerprint density at radius 2 is 1.50 bits per heavy atom. The zero-order chi connectivity index (χ0) is 24.1. The molecule has 0 radical (unpaired) electrons. The second-order valence-electron chi connectivity index (χ2n) is 7.20. The molecular weight excluding hydrogens is 478 g/mol. The van der Waals surface area contributed by atoms with E-state index in [4.69, 9.17) is 12.2 Å². The quantitative estimate of drug-likeness (QED) is 0.353. The first-order valence-corrected chi connectivity index (χ1v) is 11.4. The van der Waals surface area contributed by atoms with Crippen LogP contribution in [-0.4, -0.2) is 27.8 Å². The fourth-order valence-electron chi connectivity index (χ4n) is 3.42. The first-order valence-electron chi connectivity index (χ1n) is 10.2. The van der Waals surface area contributed by atoms with Crippen LogP contribution in [0.1, 0.15) is 22.6 Å². The fourth-order valence-corrected chi connectivity index (χ4v) is 4.60. The molecule has 1 fully saturated rings. The van der Waals surface area contributed by atoms with Gasteiger partial charge in [-0.05, 0) is 47.1 Å². The molecule has 34 heavy (non-hydrogen) atoms. The van der Waals surface area contributed by atoms with Crippen molar-refractivity contribution in [3.05, 3.63) is 107 Å². The van der Waals surface area contributed by atoms with Crippen molar-refractivity contribution in [3.8, 4) is 5.75 Å². The first kappa shape index (κ1) is 23.6. The Hall–Kier alpha value is -3.56. The van der Waals surface area contributed by atoms with Gasteiger partial charge >= 0.3 is 6.61 Å². The average Bonchev–Trinajstić information content (AvgIpc) is 3.09. The summed E-state index contributed by atoms with van der Waals surface area (Å²) in [5.74, 6) is -1.50. The van der Waals surface area contributed by atoms with E-state index in [2.05, 4.69) is 10.2 Å². The molecule has 0 unspecified atom stereocenters. The summed E-state index contributed by atoms with van der Waals surface area (Å²) in [4.78, 5) is 26.6. The number of ether oxygens (including phenoxy) is 1. The molecule has 0 atom stereocenters. The molecule has 1 aliphatic rings.